The number of hydrogen-bond acceptors (Lipinski definition) is 6. The highest BCUT2D eigenvalue weighted by Gasteiger charge is 2.34. The zero-order chi connectivity index (χ0) is 19.7. The summed E-state index contributed by atoms with van der Waals surface area (Å²) in [6, 6.07) is 5.14. The van der Waals surface area contributed by atoms with Crippen LogP contribution in [0.5, 0.6) is 5.75 Å². The van der Waals surface area contributed by atoms with E-state index in [4.69, 9.17) is 16.0 Å². The van der Waals surface area contributed by atoms with E-state index in [9.17, 15) is 19.5 Å². The van der Waals surface area contributed by atoms with Crippen LogP contribution in [0.4, 0.5) is 4.79 Å². The maximum absolute atomic E-state index is 12.5. The summed E-state index contributed by atoms with van der Waals surface area (Å²) in [4.78, 5) is 37.0. The number of imide groups is 1. The average molecular weight is 456 g/mol. The molecule has 1 aromatic carbocycles. The van der Waals surface area contributed by atoms with Gasteiger partial charge in [-0.2, -0.15) is 0 Å². The Hall–Kier alpha value is -2.78. The SMILES string of the molecule is COC(=O)c1ccc(CN2C(=O)N/C(=C\c3cc(Cl)cc(Br)c3O)C2=O)o1. The molecule has 0 bridgehead atoms. The number of amides is 3. The molecule has 1 aliphatic heterocycles. The van der Waals surface area contributed by atoms with Gasteiger partial charge in [-0.25, -0.2) is 9.59 Å². The van der Waals surface area contributed by atoms with Crippen LogP contribution in [-0.2, 0) is 16.1 Å². The number of phenols is 1. The molecule has 0 unspecified atom stereocenters. The van der Waals surface area contributed by atoms with Gasteiger partial charge in [0.2, 0.25) is 5.76 Å². The van der Waals surface area contributed by atoms with E-state index < -0.39 is 17.9 Å². The maximum atomic E-state index is 12.5. The number of carbonyl (C=O) groups is 3. The Morgan fingerprint density at radius 1 is 1.41 bits per heavy atom. The predicted octanol–water partition coefficient (Wildman–Crippen LogP) is 3.28. The van der Waals surface area contributed by atoms with Crippen LogP contribution >= 0.6 is 27.5 Å². The largest absolute Gasteiger partial charge is 0.506 e. The van der Waals surface area contributed by atoms with E-state index in [0.717, 1.165) is 4.90 Å². The van der Waals surface area contributed by atoms with E-state index in [0.29, 0.717) is 9.50 Å². The topological polar surface area (TPSA) is 109 Å². The van der Waals surface area contributed by atoms with Gasteiger partial charge in [0, 0.05) is 10.6 Å². The van der Waals surface area contributed by atoms with E-state index in [1.165, 1.54) is 37.5 Å². The molecule has 0 radical (unpaired) electrons. The number of hydrogen-bond donors (Lipinski definition) is 2. The van der Waals surface area contributed by atoms with Crippen LogP contribution in [0.25, 0.3) is 6.08 Å². The Morgan fingerprint density at radius 3 is 2.85 bits per heavy atom. The lowest BCUT2D eigenvalue weighted by molar-refractivity contribution is -0.123. The fourth-order valence-corrected chi connectivity index (χ4v) is 3.23. The monoisotopic (exact) mass is 454 g/mol. The van der Waals surface area contributed by atoms with Crippen molar-refractivity contribution in [3.05, 3.63) is 56.5 Å². The minimum atomic E-state index is -0.666. The van der Waals surface area contributed by atoms with Gasteiger partial charge in [-0.05, 0) is 46.3 Å². The van der Waals surface area contributed by atoms with Crippen molar-refractivity contribution >= 4 is 51.5 Å². The third-order valence-corrected chi connectivity index (χ3v) is 4.50. The number of halogens is 2. The molecule has 2 N–H and O–H groups in total. The fraction of sp³-hybridized carbons (Fsp3) is 0.118. The first-order chi connectivity index (χ1) is 12.8. The summed E-state index contributed by atoms with van der Waals surface area (Å²) in [5.41, 5.74) is 0.218. The molecule has 1 saturated heterocycles. The molecule has 2 heterocycles. The number of furan rings is 1. The highest BCUT2D eigenvalue weighted by molar-refractivity contribution is 9.10. The first-order valence-corrected chi connectivity index (χ1v) is 8.67. The van der Waals surface area contributed by atoms with Crippen LogP contribution in [0.2, 0.25) is 5.02 Å². The summed E-state index contributed by atoms with van der Waals surface area (Å²) < 4.78 is 10.2. The Labute approximate surface area is 166 Å². The van der Waals surface area contributed by atoms with Crippen LogP contribution in [0.3, 0.4) is 0 Å². The minimum Gasteiger partial charge on any atom is -0.506 e. The summed E-state index contributed by atoms with van der Waals surface area (Å²) in [6.45, 7) is -0.176. The number of carbonyl (C=O) groups excluding carboxylic acids is 3. The molecule has 0 aliphatic carbocycles. The normalized spacial score (nSPS) is 15.4. The van der Waals surface area contributed by atoms with Gasteiger partial charge in [-0.15, -0.1) is 0 Å². The molecule has 1 aliphatic rings. The molecule has 27 heavy (non-hydrogen) atoms. The van der Waals surface area contributed by atoms with Crippen molar-refractivity contribution in [3.63, 3.8) is 0 Å². The number of nitrogens with one attached hydrogen (secondary N) is 1. The maximum Gasteiger partial charge on any atom is 0.373 e. The summed E-state index contributed by atoms with van der Waals surface area (Å²) in [5, 5.41) is 12.8. The minimum absolute atomic E-state index is 0.0378. The highest BCUT2D eigenvalue weighted by Crippen LogP contribution is 2.33. The zero-order valence-corrected chi connectivity index (χ0v) is 16.1. The molecular formula is C17H12BrClN2O6. The summed E-state index contributed by atoms with van der Waals surface area (Å²) in [6.07, 6.45) is 1.31. The van der Waals surface area contributed by atoms with Crippen molar-refractivity contribution < 1.29 is 28.6 Å². The van der Waals surface area contributed by atoms with Gasteiger partial charge < -0.3 is 19.6 Å². The third-order valence-electron chi connectivity index (χ3n) is 3.68. The molecule has 140 valence electrons. The summed E-state index contributed by atoms with van der Waals surface area (Å²) in [7, 11) is 1.21. The molecule has 0 saturated carbocycles. The number of rotatable bonds is 4. The van der Waals surface area contributed by atoms with E-state index in [-0.39, 0.29) is 35.1 Å². The van der Waals surface area contributed by atoms with E-state index in [2.05, 4.69) is 26.0 Å². The molecule has 0 atom stereocenters. The molecule has 1 fully saturated rings. The lowest BCUT2D eigenvalue weighted by atomic mass is 10.1. The van der Waals surface area contributed by atoms with E-state index in [1.54, 1.807) is 0 Å². The lowest BCUT2D eigenvalue weighted by Gasteiger charge is -2.09. The molecular weight excluding hydrogens is 444 g/mol. The molecule has 3 amide bonds. The van der Waals surface area contributed by atoms with Gasteiger partial charge in [0.05, 0.1) is 18.1 Å². The van der Waals surface area contributed by atoms with Gasteiger partial charge in [0.1, 0.15) is 17.2 Å². The number of methoxy groups -OCH3 is 1. The van der Waals surface area contributed by atoms with Crippen LogP contribution < -0.4 is 5.32 Å². The van der Waals surface area contributed by atoms with Crippen molar-refractivity contribution in [1.29, 1.82) is 0 Å². The quantitative estimate of drug-likeness (QED) is 0.416. The van der Waals surface area contributed by atoms with Gasteiger partial charge in [-0.3, -0.25) is 9.69 Å². The van der Waals surface area contributed by atoms with Gasteiger partial charge in [-0.1, -0.05) is 11.6 Å². The second-order valence-corrected chi connectivity index (χ2v) is 6.75. The van der Waals surface area contributed by atoms with Gasteiger partial charge in [0.15, 0.2) is 0 Å². The Kier molecular flexibility index (Phi) is 5.24. The molecule has 1 aromatic heterocycles. The highest BCUT2D eigenvalue weighted by atomic mass is 79.9. The second-order valence-electron chi connectivity index (χ2n) is 5.46. The standard InChI is InChI=1S/C17H12BrClN2O6/c1-26-16(24)13-3-2-10(27-13)7-21-15(23)12(20-17(21)25)5-8-4-9(19)6-11(18)14(8)22/h2-6,22H,7H2,1H3,(H,20,25)/b12-5-. The molecule has 10 heteroatoms. The number of ether oxygens (including phenoxy) is 1. The first-order valence-electron chi connectivity index (χ1n) is 7.49. The van der Waals surface area contributed by atoms with Crippen molar-refractivity contribution in [2.75, 3.05) is 7.11 Å². The van der Waals surface area contributed by atoms with Crippen LogP contribution in [-0.4, -0.2) is 35.0 Å². The van der Waals surface area contributed by atoms with Crippen LogP contribution in [0, 0.1) is 0 Å². The van der Waals surface area contributed by atoms with Crippen molar-refractivity contribution in [2.24, 2.45) is 0 Å². The number of benzene rings is 1. The summed E-state index contributed by atoms with van der Waals surface area (Å²) in [5.74, 6) is -1.22. The van der Waals surface area contributed by atoms with Crippen LogP contribution in [0.1, 0.15) is 21.9 Å². The Balaban J connectivity index is 1.83. The second kappa shape index (κ2) is 7.45. The molecule has 0 spiro atoms. The average Bonchev–Trinajstić information content (AvgIpc) is 3.19. The van der Waals surface area contributed by atoms with E-state index in [1.807, 2.05) is 0 Å². The van der Waals surface area contributed by atoms with Crippen LogP contribution in [0.15, 0.2) is 38.9 Å². The van der Waals surface area contributed by atoms with Crippen molar-refractivity contribution in [2.45, 2.75) is 6.54 Å². The van der Waals surface area contributed by atoms with Gasteiger partial charge in [0.25, 0.3) is 5.91 Å². The predicted molar refractivity (Wildman–Crippen MR) is 97.9 cm³/mol. The number of aromatic hydroxyl groups is 1. The molecule has 2 aromatic rings. The molecule has 3 rings (SSSR count). The van der Waals surface area contributed by atoms with Crippen molar-refractivity contribution in [3.8, 4) is 5.75 Å². The number of nitrogens with zero attached hydrogens (tertiary/aromatic N) is 1. The zero-order valence-electron chi connectivity index (χ0n) is 13.8. The smallest absolute Gasteiger partial charge is 0.373 e. The third kappa shape index (κ3) is 3.83. The first kappa shape index (κ1) is 19.0. The Bertz CT molecular complexity index is 984. The Morgan fingerprint density at radius 2 is 2.15 bits per heavy atom. The summed E-state index contributed by atoms with van der Waals surface area (Å²) >= 11 is 9.10. The van der Waals surface area contributed by atoms with E-state index >= 15 is 0 Å². The lowest BCUT2D eigenvalue weighted by Crippen LogP contribution is -2.30. The number of esters is 1. The number of phenolic OH excluding ortho intramolecular Hbond substituents is 1. The van der Waals surface area contributed by atoms with Gasteiger partial charge >= 0.3 is 12.0 Å². The van der Waals surface area contributed by atoms with Crippen molar-refractivity contribution in [1.82, 2.24) is 10.2 Å². The molecule has 8 nitrogen and oxygen atoms in total. The number of urea groups is 1. The fourth-order valence-electron chi connectivity index (χ4n) is 2.40.